The second-order valence-electron chi connectivity index (χ2n) is 5.48. The number of halogens is 3. The third kappa shape index (κ3) is 4.05. The molecule has 8 heteroatoms. The zero-order valence-electron chi connectivity index (χ0n) is 13.4. The van der Waals surface area contributed by atoms with Gasteiger partial charge in [-0.15, -0.1) is 0 Å². The zero-order chi connectivity index (χ0) is 18.7. The molecule has 3 rings (SSSR count). The van der Waals surface area contributed by atoms with Gasteiger partial charge in [0.2, 0.25) is 0 Å². The van der Waals surface area contributed by atoms with E-state index in [1.807, 2.05) is 12.1 Å². The molecular formula is C18H14BrClFN3O2. The van der Waals surface area contributed by atoms with E-state index in [0.717, 1.165) is 10.7 Å². The van der Waals surface area contributed by atoms with E-state index in [2.05, 4.69) is 21.0 Å². The molecule has 0 saturated heterocycles. The number of nitrogens with zero attached hydrogens (tertiary/aromatic N) is 2. The highest BCUT2D eigenvalue weighted by Gasteiger charge is 2.23. The minimum atomic E-state index is -0.968. The molecule has 0 radical (unpaired) electrons. The van der Waals surface area contributed by atoms with E-state index in [9.17, 15) is 9.18 Å². The lowest BCUT2D eigenvalue weighted by Gasteiger charge is -2.19. The van der Waals surface area contributed by atoms with E-state index >= 15 is 0 Å². The number of amides is 1. The van der Waals surface area contributed by atoms with Gasteiger partial charge in [-0.1, -0.05) is 45.7 Å². The van der Waals surface area contributed by atoms with Gasteiger partial charge in [-0.05, 0) is 30.3 Å². The van der Waals surface area contributed by atoms with E-state index in [4.69, 9.17) is 22.1 Å². The third-order valence-electron chi connectivity index (χ3n) is 3.78. The summed E-state index contributed by atoms with van der Waals surface area (Å²) in [6, 6.07) is 14.1. The fourth-order valence-electron chi connectivity index (χ4n) is 2.61. The van der Waals surface area contributed by atoms with Crippen molar-refractivity contribution in [2.75, 3.05) is 0 Å². The highest BCUT2D eigenvalue weighted by atomic mass is 79.9. The van der Waals surface area contributed by atoms with Crippen molar-refractivity contribution in [1.29, 1.82) is 0 Å². The lowest BCUT2D eigenvalue weighted by Crippen LogP contribution is -2.20. The van der Waals surface area contributed by atoms with Gasteiger partial charge in [-0.2, -0.15) is 5.10 Å². The maximum atomic E-state index is 14.4. The van der Waals surface area contributed by atoms with Crippen LogP contribution in [0.25, 0.3) is 5.69 Å². The molecule has 2 aromatic carbocycles. The molecule has 0 aliphatic rings. The van der Waals surface area contributed by atoms with Crippen LogP contribution in [0.3, 0.4) is 0 Å². The lowest BCUT2D eigenvalue weighted by molar-refractivity contribution is 0.105. The summed E-state index contributed by atoms with van der Waals surface area (Å²) in [7, 11) is 0. The molecule has 3 aromatic rings. The molecule has 2 N–H and O–H groups in total. The molecule has 0 fully saturated rings. The molecule has 0 spiro atoms. The summed E-state index contributed by atoms with van der Waals surface area (Å²) in [5, 5.41) is 4.48. The Morgan fingerprint density at radius 2 is 1.96 bits per heavy atom. The quantitative estimate of drug-likeness (QED) is 0.622. The van der Waals surface area contributed by atoms with E-state index in [0.29, 0.717) is 16.3 Å². The topological polar surface area (TPSA) is 70.1 Å². The summed E-state index contributed by atoms with van der Waals surface area (Å²) in [6.07, 6.45) is -0.675. The number of hydrogen-bond acceptors (Lipinski definition) is 3. The maximum Gasteiger partial charge on any atom is 0.405 e. The van der Waals surface area contributed by atoms with Crippen molar-refractivity contribution in [2.24, 2.45) is 5.73 Å². The Hall–Kier alpha value is -2.38. The van der Waals surface area contributed by atoms with Crippen molar-refractivity contribution >= 4 is 33.6 Å². The summed E-state index contributed by atoms with van der Waals surface area (Å²) in [5.74, 6) is -0.516. The Morgan fingerprint density at radius 1 is 1.27 bits per heavy atom. The van der Waals surface area contributed by atoms with Crippen LogP contribution < -0.4 is 5.73 Å². The molecule has 1 aromatic heterocycles. The van der Waals surface area contributed by atoms with Crippen LogP contribution in [0.2, 0.25) is 5.02 Å². The van der Waals surface area contributed by atoms with Crippen molar-refractivity contribution in [3.63, 3.8) is 0 Å². The van der Waals surface area contributed by atoms with E-state index < -0.39 is 18.0 Å². The van der Waals surface area contributed by atoms with Gasteiger partial charge in [0.15, 0.2) is 5.82 Å². The van der Waals surface area contributed by atoms with Gasteiger partial charge < -0.3 is 10.5 Å². The Labute approximate surface area is 162 Å². The largest absolute Gasteiger partial charge is 0.441 e. The number of rotatable bonds is 5. The van der Waals surface area contributed by atoms with Crippen LogP contribution in [0.4, 0.5) is 9.18 Å². The smallest absolute Gasteiger partial charge is 0.405 e. The first-order valence-corrected chi connectivity index (χ1v) is 8.81. The molecule has 1 amide bonds. The molecule has 26 heavy (non-hydrogen) atoms. The number of carbonyl (C=O) groups is 1. The highest BCUT2D eigenvalue weighted by Crippen LogP contribution is 2.30. The van der Waals surface area contributed by atoms with Crippen molar-refractivity contribution in [3.05, 3.63) is 81.3 Å². The molecule has 0 aliphatic heterocycles. The second-order valence-corrected chi connectivity index (χ2v) is 6.80. The number of carbonyl (C=O) groups excluding carboxylic acids is 1. The average molecular weight is 439 g/mol. The van der Waals surface area contributed by atoms with Crippen LogP contribution >= 0.6 is 27.5 Å². The first-order valence-electron chi connectivity index (χ1n) is 7.64. The number of primary amides is 1. The number of aromatic nitrogens is 2. The van der Waals surface area contributed by atoms with Gasteiger partial charge in [0, 0.05) is 21.5 Å². The molecule has 1 unspecified atom stereocenters. The summed E-state index contributed by atoms with van der Waals surface area (Å²) in [4.78, 5) is 11.3. The van der Waals surface area contributed by atoms with E-state index in [-0.39, 0.29) is 12.1 Å². The molecule has 1 heterocycles. The van der Waals surface area contributed by atoms with Crippen molar-refractivity contribution in [1.82, 2.24) is 9.78 Å². The Kier molecular flexibility index (Phi) is 5.58. The molecule has 0 aliphatic carbocycles. The summed E-state index contributed by atoms with van der Waals surface area (Å²) < 4.78 is 21.9. The van der Waals surface area contributed by atoms with Gasteiger partial charge in [-0.25, -0.2) is 13.9 Å². The van der Waals surface area contributed by atoms with Crippen molar-refractivity contribution < 1.29 is 13.9 Å². The number of nitrogens with two attached hydrogens (primary N) is 1. The van der Waals surface area contributed by atoms with Crippen LogP contribution in [-0.2, 0) is 11.2 Å². The normalized spacial score (nSPS) is 12.0. The standard InChI is InChI=1S/C18H14BrClFN3O2/c19-11-5-7-12(8-6-11)24-16(15(21)10-23-24)9-17(26-18(22)25)13-3-1-2-4-14(13)20/h1-8,10,17H,9H2,(H2,22,25). The summed E-state index contributed by atoms with van der Waals surface area (Å²) in [5.41, 5.74) is 6.64. The summed E-state index contributed by atoms with van der Waals surface area (Å²) >= 11 is 9.56. The fraction of sp³-hybridized carbons (Fsp3) is 0.111. The predicted octanol–water partition coefficient (Wildman–Crippen LogP) is 4.81. The second kappa shape index (κ2) is 7.88. The first kappa shape index (κ1) is 18.4. The SMILES string of the molecule is NC(=O)OC(Cc1c(F)cnn1-c1ccc(Br)cc1)c1ccccc1Cl. The summed E-state index contributed by atoms with van der Waals surface area (Å²) in [6.45, 7) is 0. The highest BCUT2D eigenvalue weighted by molar-refractivity contribution is 9.10. The third-order valence-corrected chi connectivity index (χ3v) is 4.65. The van der Waals surface area contributed by atoms with Gasteiger partial charge >= 0.3 is 6.09 Å². The zero-order valence-corrected chi connectivity index (χ0v) is 15.7. The first-order chi connectivity index (χ1) is 12.5. The molecular weight excluding hydrogens is 425 g/mol. The molecule has 5 nitrogen and oxygen atoms in total. The Bertz CT molecular complexity index is 930. The molecule has 0 bridgehead atoms. The number of benzene rings is 2. The van der Waals surface area contributed by atoms with Gasteiger partial charge in [0.05, 0.1) is 17.6 Å². The van der Waals surface area contributed by atoms with Crippen LogP contribution in [0.1, 0.15) is 17.4 Å². The van der Waals surface area contributed by atoms with Crippen LogP contribution in [0.15, 0.2) is 59.2 Å². The van der Waals surface area contributed by atoms with E-state index in [1.165, 1.54) is 4.68 Å². The number of hydrogen-bond donors (Lipinski definition) is 1. The minimum Gasteiger partial charge on any atom is -0.441 e. The van der Waals surface area contributed by atoms with Crippen LogP contribution in [0, 0.1) is 5.82 Å². The number of ether oxygens (including phenoxy) is 1. The molecule has 134 valence electrons. The molecule has 0 saturated carbocycles. The lowest BCUT2D eigenvalue weighted by atomic mass is 10.0. The van der Waals surface area contributed by atoms with Crippen LogP contribution in [-0.4, -0.2) is 15.9 Å². The molecule has 1 atom stereocenters. The average Bonchev–Trinajstić information content (AvgIpc) is 2.96. The predicted molar refractivity (Wildman–Crippen MR) is 99.8 cm³/mol. The monoisotopic (exact) mass is 437 g/mol. The van der Waals surface area contributed by atoms with Gasteiger partial charge in [0.1, 0.15) is 6.10 Å². The van der Waals surface area contributed by atoms with Gasteiger partial charge in [-0.3, -0.25) is 0 Å². The maximum absolute atomic E-state index is 14.4. The minimum absolute atomic E-state index is 0.0224. The van der Waals surface area contributed by atoms with Gasteiger partial charge in [0.25, 0.3) is 0 Å². The Balaban J connectivity index is 1.99. The van der Waals surface area contributed by atoms with Crippen molar-refractivity contribution in [2.45, 2.75) is 12.5 Å². The van der Waals surface area contributed by atoms with Crippen molar-refractivity contribution in [3.8, 4) is 5.69 Å². The fourth-order valence-corrected chi connectivity index (χ4v) is 3.13. The van der Waals surface area contributed by atoms with E-state index in [1.54, 1.807) is 36.4 Å². The van der Waals surface area contributed by atoms with Crippen LogP contribution in [0.5, 0.6) is 0 Å². The Morgan fingerprint density at radius 3 is 2.62 bits per heavy atom.